The lowest BCUT2D eigenvalue weighted by atomic mass is 10.1. The number of hydrogen-bond donors (Lipinski definition) is 3. The summed E-state index contributed by atoms with van der Waals surface area (Å²) in [5.41, 5.74) is 0.104. The fraction of sp³-hybridized carbons (Fsp3) is 0.455. The Morgan fingerprint density at radius 2 is 2.10 bits per heavy atom. The first-order chi connectivity index (χ1) is 10.0. The fourth-order valence-electron chi connectivity index (χ4n) is 2.27. The number of aliphatic hydroxyl groups excluding tert-OH is 3. The molecule has 0 saturated carbocycles. The van der Waals surface area contributed by atoms with Crippen molar-refractivity contribution in [1.29, 1.82) is 0 Å². The van der Waals surface area contributed by atoms with Crippen LogP contribution in [0.3, 0.4) is 0 Å². The lowest BCUT2D eigenvalue weighted by Crippen LogP contribution is -2.33. The number of nitro benzene ring substituents is 1. The van der Waals surface area contributed by atoms with Gasteiger partial charge < -0.3 is 20.1 Å². The third-order valence-electron chi connectivity index (χ3n) is 3.35. The van der Waals surface area contributed by atoms with Crippen LogP contribution in [0.15, 0.2) is 18.2 Å². The summed E-state index contributed by atoms with van der Waals surface area (Å²) in [6.07, 6.45) is -4.72. The highest BCUT2D eigenvalue weighted by molar-refractivity contribution is 5.83. The minimum atomic E-state index is -1.34. The van der Waals surface area contributed by atoms with E-state index >= 15 is 0 Å². The molecular formula is C11H12N4O6. The van der Waals surface area contributed by atoms with Gasteiger partial charge in [-0.2, -0.15) is 9.90 Å². The van der Waals surface area contributed by atoms with Crippen molar-refractivity contribution in [3.63, 3.8) is 0 Å². The first-order valence-electron chi connectivity index (χ1n) is 6.15. The molecule has 1 aromatic heterocycles. The van der Waals surface area contributed by atoms with Crippen molar-refractivity contribution in [3.8, 4) is 0 Å². The summed E-state index contributed by atoms with van der Waals surface area (Å²) in [6.45, 7) is -0.477. The third kappa shape index (κ3) is 2.14. The zero-order valence-electron chi connectivity index (χ0n) is 10.6. The van der Waals surface area contributed by atoms with Crippen molar-refractivity contribution in [1.82, 2.24) is 15.0 Å². The molecule has 0 radical (unpaired) electrons. The highest BCUT2D eigenvalue weighted by atomic mass is 16.6. The molecule has 1 aliphatic rings. The maximum absolute atomic E-state index is 10.9. The summed E-state index contributed by atoms with van der Waals surface area (Å²) in [5, 5.41) is 47.5. The van der Waals surface area contributed by atoms with Crippen molar-refractivity contribution in [3.05, 3.63) is 28.3 Å². The molecule has 0 bridgehead atoms. The van der Waals surface area contributed by atoms with Gasteiger partial charge in [0.2, 0.25) is 0 Å². The number of aromatic nitrogens is 3. The molecule has 1 aliphatic heterocycles. The number of non-ortho nitro benzene ring substituents is 1. The van der Waals surface area contributed by atoms with Gasteiger partial charge in [-0.05, 0) is 6.07 Å². The van der Waals surface area contributed by atoms with Crippen LogP contribution in [0.4, 0.5) is 5.69 Å². The van der Waals surface area contributed by atoms with Crippen molar-refractivity contribution in [2.24, 2.45) is 0 Å². The number of hydrogen-bond acceptors (Lipinski definition) is 8. The molecule has 2 aromatic rings. The van der Waals surface area contributed by atoms with Gasteiger partial charge in [-0.1, -0.05) is 6.07 Å². The molecule has 1 fully saturated rings. The normalized spacial score (nSPS) is 29.1. The molecule has 0 amide bonds. The summed E-state index contributed by atoms with van der Waals surface area (Å²) in [5.74, 6) is 0. The predicted octanol–water partition coefficient (Wildman–Crippen LogP) is -1.05. The third-order valence-corrected chi connectivity index (χ3v) is 3.35. The molecule has 3 N–H and O–H groups in total. The van der Waals surface area contributed by atoms with E-state index < -0.39 is 36.1 Å². The van der Waals surface area contributed by atoms with E-state index in [4.69, 9.17) is 9.84 Å². The van der Waals surface area contributed by atoms with Crippen molar-refractivity contribution in [2.45, 2.75) is 24.5 Å². The molecule has 2 heterocycles. The maximum Gasteiger partial charge on any atom is 0.299 e. The number of nitrogens with zero attached hydrogens (tertiary/aromatic N) is 4. The Morgan fingerprint density at radius 1 is 1.33 bits per heavy atom. The highest BCUT2D eigenvalue weighted by Gasteiger charge is 2.44. The van der Waals surface area contributed by atoms with Gasteiger partial charge in [0, 0.05) is 6.07 Å². The molecule has 10 nitrogen and oxygen atoms in total. The molecular weight excluding hydrogens is 284 g/mol. The van der Waals surface area contributed by atoms with Crippen LogP contribution < -0.4 is 0 Å². The van der Waals surface area contributed by atoms with Gasteiger partial charge >= 0.3 is 0 Å². The average molecular weight is 296 g/mol. The predicted molar refractivity (Wildman–Crippen MR) is 67.2 cm³/mol. The van der Waals surface area contributed by atoms with Crippen molar-refractivity contribution < 1.29 is 25.0 Å². The fourth-order valence-corrected chi connectivity index (χ4v) is 2.27. The topological polar surface area (TPSA) is 144 Å². The lowest BCUT2D eigenvalue weighted by Gasteiger charge is -2.12. The van der Waals surface area contributed by atoms with E-state index in [1.54, 1.807) is 0 Å². The molecule has 10 heteroatoms. The zero-order valence-corrected chi connectivity index (χ0v) is 10.6. The molecule has 0 spiro atoms. The number of fused-ring (bicyclic) bond motifs is 1. The molecule has 4 atom stereocenters. The van der Waals surface area contributed by atoms with Gasteiger partial charge in [0.05, 0.1) is 11.5 Å². The number of ether oxygens (including phenoxy) is 1. The van der Waals surface area contributed by atoms with Crippen LogP contribution in [0.1, 0.15) is 6.23 Å². The Morgan fingerprint density at radius 3 is 2.71 bits per heavy atom. The molecule has 0 aliphatic carbocycles. The van der Waals surface area contributed by atoms with E-state index in [1.165, 1.54) is 18.2 Å². The summed E-state index contributed by atoms with van der Waals surface area (Å²) in [7, 11) is 0. The van der Waals surface area contributed by atoms with Crippen LogP contribution in [0, 0.1) is 10.1 Å². The van der Waals surface area contributed by atoms with Gasteiger partial charge in [0.25, 0.3) is 5.69 Å². The van der Waals surface area contributed by atoms with E-state index in [2.05, 4.69) is 10.2 Å². The van der Waals surface area contributed by atoms with Gasteiger partial charge in [0.1, 0.15) is 23.8 Å². The molecule has 1 saturated heterocycles. The summed E-state index contributed by atoms with van der Waals surface area (Å²) in [6, 6.07) is 4.29. The van der Waals surface area contributed by atoms with Crippen molar-refractivity contribution in [2.75, 3.05) is 6.61 Å². The smallest absolute Gasteiger partial charge is 0.299 e. The summed E-state index contributed by atoms with van der Waals surface area (Å²) >= 11 is 0. The monoisotopic (exact) mass is 296 g/mol. The first kappa shape index (κ1) is 13.8. The zero-order chi connectivity index (χ0) is 15.1. The van der Waals surface area contributed by atoms with E-state index in [0.29, 0.717) is 0 Å². The highest BCUT2D eigenvalue weighted by Crippen LogP contribution is 2.30. The number of benzene rings is 1. The minimum Gasteiger partial charge on any atom is -0.394 e. The van der Waals surface area contributed by atoms with Crippen LogP contribution in [-0.4, -0.2) is 60.2 Å². The van der Waals surface area contributed by atoms with E-state index in [-0.39, 0.29) is 16.7 Å². The van der Waals surface area contributed by atoms with E-state index in [1.807, 2.05) is 0 Å². The Labute approximate surface area is 117 Å². The van der Waals surface area contributed by atoms with Crippen LogP contribution >= 0.6 is 0 Å². The lowest BCUT2D eigenvalue weighted by molar-refractivity contribution is -0.383. The summed E-state index contributed by atoms with van der Waals surface area (Å²) in [4.78, 5) is 11.3. The van der Waals surface area contributed by atoms with Crippen LogP contribution in [0.25, 0.3) is 11.0 Å². The average Bonchev–Trinajstić information content (AvgIpc) is 3.01. The van der Waals surface area contributed by atoms with E-state index in [9.17, 15) is 20.3 Å². The Bertz CT molecular complexity index is 688. The van der Waals surface area contributed by atoms with Crippen LogP contribution in [-0.2, 0) is 4.74 Å². The second-order valence-corrected chi connectivity index (χ2v) is 4.65. The second kappa shape index (κ2) is 5.00. The van der Waals surface area contributed by atoms with Crippen molar-refractivity contribution >= 4 is 16.7 Å². The van der Waals surface area contributed by atoms with Crippen LogP contribution in [0.2, 0.25) is 0 Å². The molecule has 21 heavy (non-hydrogen) atoms. The number of nitro groups is 1. The molecule has 3 rings (SSSR count). The summed E-state index contributed by atoms with van der Waals surface area (Å²) < 4.78 is 5.27. The molecule has 112 valence electrons. The van der Waals surface area contributed by atoms with Gasteiger partial charge in [-0.15, -0.1) is 5.10 Å². The van der Waals surface area contributed by atoms with Crippen LogP contribution in [0.5, 0.6) is 0 Å². The SMILES string of the molecule is O=[N+]([O-])c1cccc2nn([C@@H]3O[C@H](CO)[C@@H](O)[C@H]3O)nc12. The standard InChI is InChI=1S/C11H12N4O6/c16-4-7-9(17)10(18)11(21-7)14-12-5-2-1-3-6(15(19)20)8(5)13-14/h1-3,7,9-11,16-18H,4H2/t7-,9-,10-,11-/m1/s1. The van der Waals surface area contributed by atoms with Gasteiger partial charge in [-0.25, -0.2) is 0 Å². The number of rotatable bonds is 3. The molecule has 0 unspecified atom stereocenters. The second-order valence-electron chi connectivity index (χ2n) is 4.65. The van der Waals surface area contributed by atoms with E-state index in [0.717, 1.165) is 4.80 Å². The maximum atomic E-state index is 10.9. The minimum absolute atomic E-state index is 0.0558. The Kier molecular flexibility index (Phi) is 3.29. The Hall–Kier alpha value is -2.14. The Balaban J connectivity index is 2.02. The quantitative estimate of drug-likeness (QED) is 0.481. The van der Waals surface area contributed by atoms with Gasteiger partial charge in [-0.3, -0.25) is 10.1 Å². The number of aliphatic hydroxyl groups is 3. The first-order valence-corrected chi connectivity index (χ1v) is 6.15. The van der Waals surface area contributed by atoms with Gasteiger partial charge in [0.15, 0.2) is 11.7 Å². The molecule has 1 aromatic carbocycles. The largest absolute Gasteiger partial charge is 0.394 e.